The van der Waals surface area contributed by atoms with Crippen LogP contribution in [0.4, 0.5) is 10.1 Å². The lowest BCUT2D eigenvalue weighted by Gasteiger charge is -2.17. The number of benzene rings is 1. The number of rotatable bonds is 1. The standard InChI is InChI=1S/C10H8BrClFNO/c11-7-3-4-14(10(7)15)9-5-6(13)1-2-8(9)12/h1-2,5,7H,3-4H2. The second-order valence-electron chi connectivity index (χ2n) is 3.34. The number of hydrogen-bond donors (Lipinski definition) is 0. The van der Waals surface area contributed by atoms with Crippen molar-refractivity contribution < 1.29 is 9.18 Å². The fourth-order valence-corrected chi connectivity index (χ4v) is 2.25. The fourth-order valence-electron chi connectivity index (χ4n) is 1.58. The Morgan fingerprint density at radius 3 is 2.87 bits per heavy atom. The van der Waals surface area contributed by atoms with E-state index >= 15 is 0 Å². The minimum atomic E-state index is -0.389. The molecule has 1 saturated heterocycles. The highest BCUT2D eigenvalue weighted by molar-refractivity contribution is 9.10. The maximum absolute atomic E-state index is 13.0. The molecule has 1 aliphatic heterocycles. The summed E-state index contributed by atoms with van der Waals surface area (Å²) < 4.78 is 13.0. The number of alkyl halides is 1. The molecule has 0 radical (unpaired) electrons. The predicted molar refractivity (Wildman–Crippen MR) is 61.1 cm³/mol. The average Bonchev–Trinajstić information content (AvgIpc) is 2.52. The fraction of sp³-hybridized carbons (Fsp3) is 0.300. The molecule has 1 amide bonds. The first kappa shape index (κ1) is 10.9. The number of carbonyl (C=O) groups is 1. The monoisotopic (exact) mass is 291 g/mol. The molecular weight excluding hydrogens is 284 g/mol. The van der Waals surface area contributed by atoms with E-state index in [4.69, 9.17) is 11.6 Å². The van der Waals surface area contributed by atoms with Crippen LogP contribution >= 0.6 is 27.5 Å². The van der Waals surface area contributed by atoms with E-state index < -0.39 is 0 Å². The second kappa shape index (κ2) is 4.10. The van der Waals surface area contributed by atoms with E-state index in [9.17, 15) is 9.18 Å². The summed E-state index contributed by atoms with van der Waals surface area (Å²) in [5.74, 6) is -0.456. The van der Waals surface area contributed by atoms with Gasteiger partial charge in [0.05, 0.1) is 15.5 Å². The maximum atomic E-state index is 13.0. The van der Waals surface area contributed by atoms with Crippen molar-refractivity contribution in [1.82, 2.24) is 0 Å². The Kier molecular flexibility index (Phi) is 2.98. The van der Waals surface area contributed by atoms with Gasteiger partial charge in [-0.2, -0.15) is 0 Å². The molecule has 1 aromatic rings. The Morgan fingerprint density at radius 1 is 1.53 bits per heavy atom. The Labute approximate surface area is 100 Å². The van der Waals surface area contributed by atoms with E-state index in [0.29, 0.717) is 23.7 Å². The lowest BCUT2D eigenvalue weighted by atomic mass is 10.3. The van der Waals surface area contributed by atoms with E-state index in [0.717, 1.165) is 0 Å². The molecule has 0 N–H and O–H groups in total. The first-order chi connectivity index (χ1) is 7.09. The third-order valence-electron chi connectivity index (χ3n) is 2.34. The molecule has 1 aromatic carbocycles. The van der Waals surface area contributed by atoms with Gasteiger partial charge in [0.25, 0.3) is 0 Å². The maximum Gasteiger partial charge on any atom is 0.240 e. The van der Waals surface area contributed by atoms with Crippen LogP contribution in [0.1, 0.15) is 6.42 Å². The molecule has 2 rings (SSSR count). The molecular formula is C10H8BrClFNO. The largest absolute Gasteiger partial charge is 0.310 e. The van der Waals surface area contributed by atoms with Gasteiger partial charge in [0, 0.05) is 6.54 Å². The van der Waals surface area contributed by atoms with E-state index in [2.05, 4.69) is 15.9 Å². The van der Waals surface area contributed by atoms with E-state index in [1.807, 2.05) is 0 Å². The van der Waals surface area contributed by atoms with Gasteiger partial charge in [-0.3, -0.25) is 4.79 Å². The minimum Gasteiger partial charge on any atom is -0.310 e. The van der Waals surface area contributed by atoms with Gasteiger partial charge in [-0.15, -0.1) is 0 Å². The highest BCUT2D eigenvalue weighted by Crippen LogP contribution is 2.31. The van der Waals surface area contributed by atoms with Crippen LogP contribution in [0.3, 0.4) is 0 Å². The zero-order valence-electron chi connectivity index (χ0n) is 7.71. The van der Waals surface area contributed by atoms with Crippen molar-refractivity contribution in [2.24, 2.45) is 0 Å². The van der Waals surface area contributed by atoms with Crippen LogP contribution in [0.25, 0.3) is 0 Å². The third-order valence-corrected chi connectivity index (χ3v) is 3.51. The molecule has 0 aliphatic carbocycles. The van der Waals surface area contributed by atoms with Crippen LogP contribution in [0.15, 0.2) is 18.2 Å². The number of amides is 1. The van der Waals surface area contributed by atoms with Crippen LogP contribution in [0.2, 0.25) is 5.02 Å². The van der Waals surface area contributed by atoms with Gasteiger partial charge < -0.3 is 4.90 Å². The molecule has 1 fully saturated rings. The molecule has 0 spiro atoms. The van der Waals surface area contributed by atoms with Crippen molar-refractivity contribution in [3.8, 4) is 0 Å². The van der Waals surface area contributed by atoms with Gasteiger partial charge in [0.1, 0.15) is 5.82 Å². The smallest absolute Gasteiger partial charge is 0.240 e. The predicted octanol–water partition coefficient (Wildman–Crippen LogP) is 2.98. The minimum absolute atomic E-state index is 0.0671. The molecule has 15 heavy (non-hydrogen) atoms. The first-order valence-corrected chi connectivity index (χ1v) is 5.79. The molecule has 0 aromatic heterocycles. The Morgan fingerprint density at radius 2 is 2.27 bits per heavy atom. The van der Waals surface area contributed by atoms with Gasteiger partial charge >= 0.3 is 0 Å². The highest BCUT2D eigenvalue weighted by atomic mass is 79.9. The number of halogens is 3. The van der Waals surface area contributed by atoms with Gasteiger partial charge in [0.2, 0.25) is 5.91 Å². The van der Waals surface area contributed by atoms with E-state index in [1.54, 1.807) is 0 Å². The van der Waals surface area contributed by atoms with Gasteiger partial charge in [-0.25, -0.2) is 4.39 Å². The third kappa shape index (κ3) is 2.01. The molecule has 1 heterocycles. The topological polar surface area (TPSA) is 20.3 Å². The van der Waals surface area contributed by atoms with Crippen molar-refractivity contribution in [3.05, 3.63) is 29.0 Å². The van der Waals surface area contributed by atoms with Crippen molar-refractivity contribution in [3.63, 3.8) is 0 Å². The van der Waals surface area contributed by atoms with Crippen molar-refractivity contribution in [2.45, 2.75) is 11.2 Å². The summed E-state index contributed by atoms with van der Waals surface area (Å²) in [4.78, 5) is 13.0. The Bertz CT molecular complexity index is 412. The second-order valence-corrected chi connectivity index (χ2v) is 4.85. The zero-order valence-corrected chi connectivity index (χ0v) is 10.1. The summed E-state index contributed by atoms with van der Waals surface area (Å²) >= 11 is 9.17. The SMILES string of the molecule is O=C1C(Br)CCN1c1cc(F)ccc1Cl. The lowest BCUT2D eigenvalue weighted by molar-refractivity contribution is -0.116. The summed E-state index contributed by atoms with van der Waals surface area (Å²) in [6.45, 7) is 0.567. The summed E-state index contributed by atoms with van der Waals surface area (Å²) in [6.07, 6.45) is 0.714. The number of anilines is 1. The van der Waals surface area contributed by atoms with Crippen LogP contribution in [-0.4, -0.2) is 17.3 Å². The molecule has 0 saturated carbocycles. The molecule has 2 nitrogen and oxygen atoms in total. The number of nitrogens with zero attached hydrogens (tertiary/aromatic N) is 1. The van der Waals surface area contributed by atoms with Crippen LogP contribution in [0.5, 0.6) is 0 Å². The molecule has 5 heteroatoms. The van der Waals surface area contributed by atoms with Crippen molar-refractivity contribution in [1.29, 1.82) is 0 Å². The van der Waals surface area contributed by atoms with Gasteiger partial charge in [-0.05, 0) is 24.6 Å². The number of carbonyl (C=O) groups excluding carboxylic acids is 1. The average molecular weight is 293 g/mol. The molecule has 1 atom stereocenters. The quantitative estimate of drug-likeness (QED) is 0.729. The van der Waals surface area contributed by atoms with E-state index in [1.165, 1.54) is 23.1 Å². The number of hydrogen-bond acceptors (Lipinski definition) is 1. The molecule has 80 valence electrons. The summed E-state index contributed by atoms with van der Waals surface area (Å²) in [7, 11) is 0. The molecule has 1 unspecified atom stereocenters. The van der Waals surface area contributed by atoms with Crippen LogP contribution < -0.4 is 4.90 Å². The summed E-state index contributed by atoms with van der Waals surface area (Å²) in [6, 6.07) is 4.02. The molecule has 0 bridgehead atoms. The van der Waals surface area contributed by atoms with Crippen molar-refractivity contribution >= 4 is 39.1 Å². The zero-order chi connectivity index (χ0) is 11.0. The normalized spacial score (nSPS) is 21.1. The van der Waals surface area contributed by atoms with E-state index in [-0.39, 0.29) is 16.6 Å². The van der Waals surface area contributed by atoms with Crippen LogP contribution in [0, 0.1) is 5.82 Å². The highest BCUT2D eigenvalue weighted by Gasteiger charge is 2.31. The Hall–Kier alpha value is -0.610. The van der Waals surface area contributed by atoms with Gasteiger partial charge in [0.15, 0.2) is 0 Å². The van der Waals surface area contributed by atoms with Crippen LogP contribution in [-0.2, 0) is 4.79 Å². The first-order valence-electron chi connectivity index (χ1n) is 4.50. The summed E-state index contributed by atoms with van der Waals surface area (Å²) in [5.41, 5.74) is 0.448. The van der Waals surface area contributed by atoms with Gasteiger partial charge in [-0.1, -0.05) is 27.5 Å². The lowest BCUT2D eigenvalue weighted by Crippen LogP contribution is -2.27. The van der Waals surface area contributed by atoms with Crippen molar-refractivity contribution in [2.75, 3.05) is 11.4 Å². The Balaban J connectivity index is 2.37. The summed E-state index contributed by atoms with van der Waals surface area (Å²) in [5, 5.41) is 0.395. The molecule has 1 aliphatic rings.